The number of carbonyl (C=O) groups excluding carboxylic acids is 2. The monoisotopic (exact) mass is 338 g/mol. The second-order valence-corrected chi connectivity index (χ2v) is 6.04. The fourth-order valence-corrected chi connectivity index (χ4v) is 2.66. The van der Waals surface area contributed by atoms with Gasteiger partial charge in [0.25, 0.3) is 0 Å². The highest BCUT2D eigenvalue weighted by Gasteiger charge is 2.19. The zero-order valence-corrected chi connectivity index (χ0v) is 12.9. The van der Waals surface area contributed by atoms with Gasteiger partial charge in [-0.25, -0.2) is 0 Å². The van der Waals surface area contributed by atoms with Gasteiger partial charge in [0.05, 0.1) is 0 Å². The summed E-state index contributed by atoms with van der Waals surface area (Å²) >= 11 is 3.32. The molecular weight excluding hydrogens is 320 g/mol. The third-order valence-electron chi connectivity index (χ3n) is 3.50. The predicted octanol–water partition coefficient (Wildman–Crippen LogP) is 3.23. The summed E-state index contributed by atoms with van der Waals surface area (Å²) in [6, 6.07) is 7.28. The largest absolute Gasteiger partial charge is 0.345 e. The van der Waals surface area contributed by atoms with E-state index in [0.717, 1.165) is 30.2 Å². The van der Waals surface area contributed by atoms with Gasteiger partial charge in [-0.05, 0) is 37.1 Å². The lowest BCUT2D eigenvalue weighted by Crippen LogP contribution is -2.41. The zero-order chi connectivity index (χ0) is 14.4. The highest BCUT2D eigenvalue weighted by molar-refractivity contribution is 9.10. The van der Waals surface area contributed by atoms with Crippen LogP contribution in [0.3, 0.4) is 0 Å². The highest BCUT2D eigenvalue weighted by Crippen LogP contribution is 2.17. The third-order valence-corrected chi connectivity index (χ3v) is 4.03. The maximum Gasteiger partial charge on any atom is 0.313 e. The lowest BCUT2D eigenvalue weighted by Gasteiger charge is -2.15. The molecule has 2 N–H and O–H groups in total. The van der Waals surface area contributed by atoms with Crippen molar-refractivity contribution in [1.82, 2.24) is 5.32 Å². The van der Waals surface area contributed by atoms with E-state index in [2.05, 4.69) is 26.6 Å². The van der Waals surface area contributed by atoms with Crippen LogP contribution in [0.5, 0.6) is 0 Å². The van der Waals surface area contributed by atoms with Crippen LogP contribution in [0.1, 0.15) is 38.5 Å². The molecule has 0 unspecified atom stereocenters. The van der Waals surface area contributed by atoms with Gasteiger partial charge in [-0.3, -0.25) is 9.59 Å². The first-order chi connectivity index (χ1) is 9.65. The van der Waals surface area contributed by atoms with Crippen molar-refractivity contribution in [2.75, 3.05) is 5.32 Å². The molecule has 20 heavy (non-hydrogen) atoms. The van der Waals surface area contributed by atoms with Gasteiger partial charge in [-0.15, -0.1) is 0 Å². The number of halogens is 1. The first kappa shape index (κ1) is 15.0. The third kappa shape index (κ3) is 4.63. The molecule has 1 aliphatic rings. The van der Waals surface area contributed by atoms with Crippen molar-refractivity contribution in [3.05, 3.63) is 28.7 Å². The first-order valence-electron chi connectivity index (χ1n) is 7.02. The van der Waals surface area contributed by atoms with Gasteiger partial charge in [0.15, 0.2) is 0 Å². The lowest BCUT2D eigenvalue weighted by atomic mass is 10.1. The summed E-state index contributed by atoms with van der Waals surface area (Å²) in [6.45, 7) is 0. The summed E-state index contributed by atoms with van der Waals surface area (Å²) in [5.41, 5.74) is 0.620. The van der Waals surface area contributed by atoms with E-state index in [1.807, 2.05) is 12.1 Å². The Balaban J connectivity index is 1.85. The molecule has 0 saturated heterocycles. The molecule has 0 heterocycles. The molecular formula is C15H19BrN2O2. The normalized spacial score (nSPS) is 16.2. The molecule has 108 valence electrons. The predicted molar refractivity (Wildman–Crippen MR) is 82.4 cm³/mol. The Morgan fingerprint density at radius 2 is 1.55 bits per heavy atom. The maximum absolute atomic E-state index is 11.9. The van der Waals surface area contributed by atoms with E-state index in [4.69, 9.17) is 0 Å². The van der Waals surface area contributed by atoms with Crippen LogP contribution >= 0.6 is 15.9 Å². The first-order valence-corrected chi connectivity index (χ1v) is 7.82. The number of hydrogen-bond acceptors (Lipinski definition) is 2. The van der Waals surface area contributed by atoms with Crippen LogP contribution in [0, 0.1) is 0 Å². The quantitative estimate of drug-likeness (QED) is 0.642. The van der Waals surface area contributed by atoms with Crippen LogP contribution < -0.4 is 10.6 Å². The Morgan fingerprint density at radius 1 is 0.950 bits per heavy atom. The van der Waals surface area contributed by atoms with Crippen molar-refractivity contribution in [2.24, 2.45) is 0 Å². The van der Waals surface area contributed by atoms with Crippen molar-refractivity contribution in [3.63, 3.8) is 0 Å². The summed E-state index contributed by atoms with van der Waals surface area (Å²) in [5, 5.41) is 5.43. The molecule has 0 bridgehead atoms. The second kappa shape index (κ2) is 7.43. The molecule has 2 rings (SSSR count). The number of benzene rings is 1. The molecule has 5 heteroatoms. The van der Waals surface area contributed by atoms with E-state index in [1.54, 1.807) is 12.1 Å². The van der Waals surface area contributed by atoms with Crippen LogP contribution in [0.2, 0.25) is 0 Å². The Labute approximate surface area is 127 Å². The van der Waals surface area contributed by atoms with Crippen LogP contribution in [-0.2, 0) is 9.59 Å². The number of nitrogens with one attached hydrogen (secondary N) is 2. The number of amides is 2. The topological polar surface area (TPSA) is 58.2 Å². The average Bonchev–Trinajstić information content (AvgIpc) is 2.70. The van der Waals surface area contributed by atoms with Crippen LogP contribution in [0.15, 0.2) is 28.7 Å². The van der Waals surface area contributed by atoms with E-state index in [-0.39, 0.29) is 6.04 Å². The fourth-order valence-electron chi connectivity index (χ4n) is 2.40. The summed E-state index contributed by atoms with van der Waals surface area (Å²) in [4.78, 5) is 23.7. The van der Waals surface area contributed by atoms with E-state index >= 15 is 0 Å². The van der Waals surface area contributed by atoms with Crippen molar-refractivity contribution in [2.45, 2.75) is 44.6 Å². The van der Waals surface area contributed by atoms with Gasteiger partial charge in [-0.1, -0.05) is 41.6 Å². The van der Waals surface area contributed by atoms with Crippen molar-refractivity contribution < 1.29 is 9.59 Å². The fraction of sp³-hybridized carbons (Fsp3) is 0.467. The minimum absolute atomic E-state index is 0.140. The van der Waals surface area contributed by atoms with Crippen LogP contribution in [-0.4, -0.2) is 17.9 Å². The molecule has 1 fully saturated rings. The zero-order valence-electron chi connectivity index (χ0n) is 11.3. The Bertz CT molecular complexity index is 465. The van der Waals surface area contributed by atoms with Gasteiger partial charge in [-0.2, -0.15) is 0 Å². The highest BCUT2D eigenvalue weighted by atomic mass is 79.9. The number of anilines is 1. The van der Waals surface area contributed by atoms with E-state index in [0.29, 0.717) is 5.69 Å². The Kier molecular flexibility index (Phi) is 5.59. The maximum atomic E-state index is 11.9. The second-order valence-electron chi connectivity index (χ2n) is 5.12. The van der Waals surface area contributed by atoms with Gasteiger partial charge >= 0.3 is 11.8 Å². The molecule has 4 nitrogen and oxygen atoms in total. The molecule has 2 amide bonds. The molecule has 0 atom stereocenters. The van der Waals surface area contributed by atoms with Gasteiger partial charge < -0.3 is 10.6 Å². The molecule has 1 aromatic carbocycles. The summed E-state index contributed by atoms with van der Waals surface area (Å²) in [7, 11) is 0. The van der Waals surface area contributed by atoms with Gasteiger partial charge in [0.1, 0.15) is 0 Å². The summed E-state index contributed by atoms with van der Waals surface area (Å²) < 4.78 is 0.929. The number of hydrogen-bond donors (Lipinski definition) is 2. The molecule has 0 radical (unpaired) electrons. The van der Waals surface area contributed by atoms with Crippen LogP contribution in [0.4, 0.5) is 5.69 Å². The van der Waals surface area contributed by atoms with Crippen molar-refractivity contribution in [3.8, 4) is 0 Å². The van der Waals surface area contributed by atoms with Gasteiger partial charge in [0, 0.05) is 16.2 Å². The lowest BCUT2D eigenvalue weighted by molar-refractivity contribution is -0.136. The van der Waals surface area contributed by atoms with E-state index < -0.39 is 11.8 Å². The number of carbonyl (C=O) groups is 2. The van der Waals surface area contributed by atoms with E-state index in [9.17, 15) is 9.59 Å². The Hall–Kier alpha value is -1.36. The number of rotatable bonds is 2. The Morgan fingerprint density at radius 3 is 2.15 bits per heavy atom. The van der Waals surface area contributed by atoms with Crippen molar-refractivity contribution in [1.29, 1.82) is 0 Å². The van der Waals surface area contributed by atoms with Crippen molar-refractivity contribution >= 4 is 33.4 Å². The smallest absolute Gasteiger partial charge is 0.313 e. The summed E-state index contributed by atoms with van der Waals surface area (Å²) in [6.07, 6.45) is 6.63. The van der Waals surface area contributed by atoms with Crippen LogP contribution in [0.25, 0.3) is 0 Å². The molecule has 0 spiro atoms. The molecule has 0 aromatic heterocycles. The molecule has 1 aliphatic carbocycles. The standard InChI is InChI=1S/C15H19BrN2O2/c16-11-7-9-13(10-8-11)18-15(20)14(19)17-12-5-3-1-2-4-6-12/h7-10,12H,1-6H2,(H,17,19)(H,18,20). The average molecular weight is 339 g/mol. The molecule has 0 aliphatic heterocycles. The SMILES string of the molecule is O=C(Nc1ccc(Br)cc1)C(=O)NC1CCCCCC1. The minimum Gasteiger partial charge on any atom is -0.345 e. The van der Waals surface area contributed by atoms with Gasteiger partial charge in [0.2, 0.25) is 0 Å². The molecule has 1 aromatic rings. The minimum atomic E-state index is -0.600. The van der Waals surface area contributed by atoms with E-state index in [1.165, 1.54) is 12.8 Å². The molecule has 1 saturated carbocycles. The summed E-state index contributed by atoms with van der Waals surface area (Å²) in [5.74, 6) is -1.14.